The molecule has 5 nitrogen and oxygen atoms in total. The molecule has 4 aromatic rings. The van der Waals surface area contributed by atoms with E-state index >= 15 is 0 Å². The van der Waals surface area contributed by atoms with Crippen molar-refractivity contribution in [1.82, 2.24) is 9.78 Å². The van der Waals surface area contributed by atoms with Gasteiger partial charge in [0.05, 0.1) is 5.52 Å². The van der Waals surface area contributed by atoms with Crippen LogP contribution in [-0.2, 0) is 11.2 Å². The molecule has 1 aliphatic carbocycles. The first-order valence-corrected chi connectivity index (χ1v) is 9.02. The summed E-state index contributed by atoms with van der Waals surface area (Å²) in [7, 11) is 0. The summed E-state index contributed by atoms with van der Waals surface area (Å²) in [5.74, 6) is 1.30. The van der Waals surface area contributed by atoms with Crippen molar-refractivity contribution < 1.29 is 14.3 Å². The molecule has 0 saturated heterocycles. The van der Waals surface area contributed by atoms with Crippen LogP contribution in [0.4, 0.5) is 0 Å². The first-order chi connectivity index (χ1) is 13.6. The zero-order chi connectivity index (χ0) is 19.3. The van der Waals surface area contributed by atoms with E-state index < -0.39 is 0 Å². The Morgan fingerprint density at radius 2 is 1.86 bits per heavy atom. The normalized spacial score (nSPS) is 13.1. The highest BCUT2D eigenvalue weighted by molar-refractivity contribution is 6.11. The summed E-state index contributed by atoms with van der Waals surface area (Å²) < 4.78 is 7.49. The van der Waals surface area contributed by atoms with Crippen molar-refractivity contribution in [2.75, 3.05) is 0 Å². The predicted molar refractivity (Wildman–Crippen MR) is 108 cm³/mol. The molecule has 0 fully saturated rings. The highest BCUT2D eigenvalue weighted by Gasteiger charge is 2.18. The van der Waals surface area contributed by atoms with Crippen molar-refractivity contribution in [3.05, 3.63) is 71.9 Å². The Morgan fingerprint density at radius 3 is 2.64 bits per heavy atom. The number of fused-ring (bicyclic) bond motifs is 4. The minimum absolute atomic E-state index is 0.0826. The summed E-state index contributed by atoms with van der Waals surface area (Å²) in [5, 5.41) is 7.08. The molecule has 0 radical (unpaired) electrons. The fourth-order valence-corrected chi connectivity index (χ4v) is 3.59. The van der Waals surface area contributed by atoms with Crippen LogP contribution < -0.4 is 4.74 Å². The van der Waals surface area contributed by atoms with Crippen LogP contribution in [0.25, 0.3) is 27.8 Å². The van der Waals surface area contributed by atoms with Gasteiger partial charge in [-0.15, -0.1) is 0 Å². The molecule has 0 unspecified atom stereocenters. The first-order valence-electron chi connectivity index (χ1n) is 9.02. The van der Waals surface area contributed by atoms with E-state index in [0.717, 1.165) is 33.0 Å². The molecule has 0 atom stereocenters. The molecule has 1 heterocycles. The lowest BCUT2D eigenvalue weighted by Gasteiger charge is -2.15. The zero-order valence-corrected chi connectivity index (χ0v) is 15.2. The number of benzene rings is 3. The number of allylic oxidation sites excluding steroid dienone is 1. The summed E-state index contributed by atoms with van der Waals surface area (Å²) in [4.78, 5) is 23.7. The molecule has 0 aliphatic heterocycles. The lowest BCUT2D eigenvalue weighted by molar-refractivity contribution is -0.114. The SMILES string of the molecule is CC(=O)n1cc2c(cc(Oc3ccccc3)c3cc4c(cc32)CC(=O)C=C4)n1. The second kappa shape index (κ2) is 6.16. The van der Waals surface area contributed by atoms with Crippen molar-refractivity contribution in [2.45, 2.75) is 13.3 Å². The standard InChI is InChI=1S/C23H16N2O3/c1-14(26)25-13-21-19-11-16-9-17(27)8-7-15(16)10-20(19)23(12-22(21)24-25)28-18-5-3-2-4-6-18/h2-8,10-13H,9H2,1H3. The van der Waals surface area contributed by atoms with Crippen molar-refractivity contribution in [3.63, 3.8) is 0 Å². The number of ether oxygens (including phenoxy) is 1. The molecule has 0 saturated carbocycles. The van der Waals surface area contributed by atoms with Gasteiger partial charge in [0.25, 0.3) is 0 Å². The molecule has 0 amide bonds. The van der Waals surface area contributed by atoms with Crippen LogP contribution in [0.5, 0.6) is 11.5 Å². The van der Waals surface area contributed by atoms with Gasteiger partial charge in [0, 0.05) is 36.4 Å². The first kappa shape index (κ1) is 16.4. The van der Waals surface area contributed by atoms with Gasteiger partial charge in [-0.25, -0.2) is 4.68 Å². The fraction of sp³-hybridized carbons (Fsp3) is 0.0870. The van der Waals surface area contributed by atoms with Gasteiger partial charge in [-0.05, 0) is 46.9 Å². The number of nitrogens with zero attached hydrogens (tertiary/aromatic N) is 2. The molecule has 1 aromatic heterocycles. The van der Waals surface area contributed by atoms with E-state index in [0.29, 0.717) is 17.7 Å². The van der Waals surface area contributed by atoms with E-state index in [1.165, 1.54) is 11.6 Å². The summed E-state index contributed by atoms with van der Waals surface area (Å²) in [5.41, 5.74) is 2.64. The average Bonchev–Trinajstić information content (AvgIpc) is 3.12. The van der Waals surface area contributed by atoms with Crippen molar-refractivity contribution in [3.8, 4) is 11.5 Å². The Morgan fingerprint density at radius 1 is 1.04 bits per heavy atom. The maximum absolute atomic E-state index is 11.9. The van der Waals surface area contributed by atoms with E-state index in [1.54, 1.807) is 12.3 Å². The third-order valence-electron chi connectivity index (χ3n) is 4.95. The van der Waals surface area contributed by atoms with Gasteiger partial charge in [-0.1, -0.05) is 24.3 Å². The van der Waals surface area contributed by atoms with E-state index in [-0.39, 0.29) is 11.7 Å². The number of aromatic nitrogens is 2. The lowest BCUT2D eigenvalue weighted by atomic mass is 9.92. The minimum atomic E-state index is -0.161. The van der Waals surface area contributed by atoms with E-state index in [1.807, 2.05) is 54.6 Å². The summed E-state index contributed by atoms with van der Waals surface area (Å²) in [6, 6.07) is 15.4. The van der Waals surface area contributed by atoms with Crippen LogP contribution >= 0.6 is 0 Å². The largest absolute Gasteiger partial charge is 0.457 e. The number of carbonyl (C=O) groups excluding carboxylic acids is 2. The number of para-hydroxylation sites is 1. The van der Waals surface area contributed by atoms with Crippen molar-refractivity contribution in [2.24, 2.45) is 0 Å². The second-order valence-electron chi connectivity index (χ2n) is 6.89. The third kappa shape index (κ3) is 2.68. The lowest BCUT2D eigenvalue weighted by Crippen LogP contribution is -2.05. The number of carbonyl (C=O) groups is 2. The van der Waals surface area contributed by atoms with Gasteiger partial charge in [0.2, 0.25) is 5.91 Å². The molecular formula is C23H16N2O3. The summed E-state index contributed by atoms with van der Waals surface area (Å²) >= 11 is 0. The maximum Gasteiger partial charge on any atom is 0.243 e. The fourth-order valence-electron chi connectivity index (χ4n) is 3.59. The van der Waals surface area contributed by atoms with Crippen molar-refractivity contribution >= 4 is 39.4 Å². The van der Waals surface area contributed by atoms with E-state index in [4.69, 9.17) is 4.74 Å². The highest BCUT2D eigenvalue weighted by Crippen LogP contribution is 2.38. The Balaban J connectivity index is 1.81. The topological polar surface area (TPSA) is 61.2 Å². The third-order valence-corrected chi connectivity index (χ3v) is 4.95. The molecule has 3 aromatic carbocycles. The quantitative estimate of drug-likeness (QED) is 0.511. The second-order valence-corrected chi connectivity index (χ2v) is 6.89. The van der Waals surface area contributed by atoms with Crippen LogP contribution in [0, 0.1) is 0 Å². The molecule has 0 N–H and O–H groups in total. The number of hydrogen-bond acceptors (Lipinski definition) is 4. The van der Waals surface area contributed by atoms with Gasteiger partial charge in [-0.2, -0.15) is 5.10 Å². The monoisotopic (exact) mass is 368 g/mol. The minimum Gasteiger partial charge on any atom is -0.457 e. The highest BCUT2D eigenvalue weighted by atomic mass is 16.5. The molecule has 136 valence electrons. The molecule has 0 bridgehead atoms. The van der Waals surface area contributed by atoms with Crippen LogP contribution in [0.2, 0.25) is 0 Å². The molecule has 1 aliphatic rings. The predicted octanol–water partition coefficient (Wildman–Crippen LogP) is 4.78. The molecule has 5 rings (SSSR count). The Hall–Kier alpha value is -3.73. The van der Waals surface area contributed by atoms with Crippen LogP contribution in [0.1, 0.15) is 22.8 Å². The summed E-state index contributed by atoms with van der Waals surface area (Å²) in [6.07, 6.45) is 5.56. The van der Waals surface area contributed by atoms with Gasteiger partial charge in [-0.3, -0.25) is 9.59 Å². The van der Waals surface area contributed by atoms with E-state index in [2.05, 4.69) is 5.10 Å². The molecular weight excluding hydrogens is 352 g/mol. The molecule has 5 heteroatoms. The van der Waals surface area contributed by atoms with Crippen LogP contribution in [0.15, 0.2) is 60.8 Å². The Labute approximate surface area is 160 Å². The zero-order valence-electron chi connectivity index (χ0n) is 15.2. The maximum atomic E-state index is 11.9. The Bertz CT molecular complexity index is 1300. The smallest absolute Gasteiger partial charge is 0.243 e. The van der Waals surface area contributed by atoms with Gasteiger partial charge in [0.1, 0.15) is 11.5 Å². The van der Waals surface area contributed by atoms with E-state index in [9.17, 15) is 9.59 Å². The summed E-state index contributed by atoms with van der Waals surface area (Å²) in [6.45, 7) is 1.47. The molecule has 28 heavy (non-hydrogen) atoms. The number of hydrogen-bond donors (Lipinski definition) is 0. The van der Waals surface area contributed by atoms with Gasteiger partial charge < -0.3 is 4.74 Å². The van der Waals surface area contributed by atoms with Crippen LogP contribution in [0.3, 0.4) is 0 Å². The van der Waals surface area contributed by atoms with Gasteiger partial charge >= 0.3 is 0 Å². The number of ketones is 1. The van der Waals surface area contributed by atoms with Gasteiger partial charge in [0.15, 0.2) is 5.78 Å². The van der Waals surface area contributed by atoms with Crippen LogP contribution in [-0.4, -0.2) is 21.5 Å². The number of rotatable bonds is 2. The van der Waals surface area contributed by atoms with Crippen molar-refractivity contribution in [1.29, 1.82) is 0 Å². The Kier molecular flexibility index (Phi) is 3.62. The molecule has 0 spiro atoms. The average molecular weight is 368 g/mol.